The van der Waals surface area contributed by atoms with Crippen LogP contribution < -0.4 is 0 Å². The number of rotatable bonds is 4. The zero-order valence-corrected chi connectivity index (χ0v) is 10.1. The molecule has 90 valence electrons. The Morgan fingerprint density at radius 1 is 1.35 bits per heavy atom. The molecule has 3 heteroatoms. The number of fused-ring (bicyclic) bond motifs is 1. The van der Waals surface area contributed by atoms with E-state index >= 15 is 0 Å². The number of hydrogen-bond acceptors (Lipinski definition) is 2. The summed E-state index contributed by atoms with van der Waals surface area (Å²) in [5, 5.41) is 10.1. The quantitative estimate of drug-likeness (QED) is 0.878. The fraction of sp³-hybridized carbons (Fsp3) is 0.357. The summed E-state index contributed by atoms with van der Waals surface area (Å²) < 4.78 is 5.43. The van der Waals surface area contributed by atoms with Gasteiger partial charge in [0, 0.05) is 5.39 Å². The molecule has 0 amide bonds. The van der Waals surface area contributed by atoms with Crippen LogP contribution in [0.2, 0.25) is 0 Å². The highest BCUT2D eigenvalue weighted by molar-refractivity contribution is 5.81. The number of carbonyl (C=O) groups is 1. The molecule has 1 aromatic heterocycles. The van der Waals surface area contributed by atoms with Crippen LogP contribution in [-0.2, 0) is 11.2 Å². The standard InChI is InChI=1S/C14H16O3/c1-14(2,13(15)16)8-7-10-9-17-12-6-4-3-5-11(10)12/h3-6,9H,7-8H2,1-2H3,(H,15,16). The molecule has 0 aliphatic carbocycles. The van der Waals surface area contributed by atoms with Gasteiger partial charge in [-0.2, -0.15) is 0 Å². The highest BCUT2D eigenvalue weighted by Gasteiger charge is 2.26. The lowest BCUT2D eigenvalue weighted by atomic mass is 9.86. The third-order valence-electron chi connectivity index (χ3n) is 3.16. The van der Waals surface area contributed by atoms with E-state index < -0.39 is 11.4 Å². The minimum atomic E-state index is -0.759. The van der Waals surface area contributed by atoms with Crippen LogP contribution in [0.15, 0.2) is 34.9 Å². The van der Waals surface area contributed by atoms with Crippen LogP contribution in [-0.4, -0.2) is 11.1 Å². The number of furan rings is 1. The van der Waals surface area contributed by atoms with Gasteiger partial charge in [-0.1, -0.05) is 18.2 Å². The molecular weight excluding hydrogens is 216 g/mol. The first-order chi connectivity index (χ1) is 8.00. The Hall–Kier alpha value is -1.77. The molecule has 0 radical (unpaired) electrons. The maximum absolute atomic E-state index is 11.0. The van der Waals surface area contributed by atoms with E-state index in [4.69, 9.17) is 9.52 Å². The number of hydrogen-bond donors (Lipinski definition) is 1. The first-order valence-corrected chi connectivity index (χ1v) is 5.69. The summed E-state index contributed by atoms with van der Waals surface area (Å²) in [7, 11) is 0. The summed E-state index contributed by atoms with van der Waals surface area (Å²) >= 11 is 0. The molecule has 0 fully saturated rings. The van der Waals surface area contributed by atoms with Crippen LogP contribution in [0.25, 0.3) is 11.0 Å². The number of para-hydroxylation sites is 1. The number of benzene rings is 1. The lowest BCUT2D eigenvalue weighted by Crippen LogP contribution is -2.24. The highest BCUT2D eigenvalue weighted by atomic mass is 16.4. The molecule has 0 atom stereocenters. The average Bonchev–Trinajstić information content (AvgIpc) is 2.69. The fourth-order valence-electron chi connectivity index (χ4n) is 1.78. The van der Waals surface area contributed by atoms with Crippen molar-refractivity contribution in [3.8, 4) is 0 Å². The van der Waals surface area contributed by atoms with Crippen LogP contribution >= 0.6 is 0 Å². The van der Waals surface area contributed by atoms with Crippen LogP contribution in [0.1, 0.15) is 25.8 Å². The Morgan fingerprint density at radius 2 is 2.06 bits per heavy atom. The van der Waals surface area contributed by atoms with E-state index in [2.05, 4.69) is 0 Å². The van der Waals surface area contributed by atoms with Gasteiger partial charge >= 0.3 is 5.97 Å². The molecule has 1 aromatic carbocycles. The van der Waals surface area contributed by atoms with E-state index in [-0.39, 0.29) is 0 Å². The molecule has 0 spiro atoms. The number of aliphatic carboxylic acids is 1. The second-order valence-electron chi connectivity index (χ2n) is 4.95. The number of aryl methyl sites for hydroxylation is 1. The van der Waals surface area contributed by atoms with E-state index in [1.807, 2.05) is 24.3 Å². The molecule has 3 nitrogen and oxygen atoms in total. The molecule has 1 heterocycles. The van der Waals surface area contributed by atoms with Crippen molar-refractivity contribution in [2.24, 2.45) is 5.41 Å². The zero-order valence-electron chi connectivity index (χ0n) is 10.1. The average molecular weight is 232 g/mol. The van der Waals surface area contributed by atoms with Crippen molar-refractivity contribution >= 4 is 16.9 Å². The molecule has 0 aliphatic rings. The SMILES string of the molecule is CC(C)(CCc1coc2ccccc12)C(=O)O. The molecule has 0 saturated heterocycles. The Morgan fingerprint density at radius 3 is 2.76 bits per heavy atom. The number of carboxylic acid groups (broad SMARTS) is 1. The van der Waals surface area contributed by atoms with Gasteiger partial charge in [0.15, 0.2) is 0 Å². The van der Waals surface area contributed by atoms with Gasteiger partial charge in [0.25, 0.3) is 0 Å². The molecule has 0 unspecified atom stereocenters. The van der Waals surface area contributed by atoms with E-state index in [1.165, 1.54) is 0 Å². The van der Waals surface area contributed by atoms with Gasteiger partial charge in [-0.05, 0) is 38.3 Å². The second kappa shape index (κ2) is 4.24. The third kappa shape index (κ3) is 2.33. The Balaban J connectivity index is 2.17. The van der Waals surface area contributed by atoms with Crippen LogP contribution in [0.4, 0.5) is 0 Å². The van der Waals surface area contributed by atoms with Gasteiger partial charge < -0.3 is 9.52 Å². The van der Waals surface area contributed by atoms with Crippen molar-refractivity contribution in [2.45, 2.75) is 26.7 Å². The first kappa shape index (κ1) is 11.7. The van der Waals surface area contributed by atoms with E-state index in [0.717, 1.165) is 23.0 Å². The van der Waals surface area contributed by atoms with Crippen molar-refractivity contribution < 1.29 is 14.3 Å². The van der Waals surface area contributed by atoms with Crippen molar-refractivity contribution in [3.63, 3.8) is 0 Å². The van der Waals surface area contributed by atoms with Crippen LogP contribution in [0.5, 0.6) is 0 Å². The first-order valence-electron chi connectivity index (χ1n) is 5.69. The summed E-state index contributed by atoms with van der Waals surface area (Å²) in [5.41, 5.74) is 1.24. The minimum absolute atomic E-state index is 0.603. The monoisotopic (exact) mass is 232 g/mol. The van der Waals surface area contributed by atoms with E-state index in [0.29, 0.717) is 6.42 Å². The smallest absolute Gasteiger partial charge is 0.309 e. The van der Waals surface area contributed by atoms with Crippen LogP contribution in [0.3, 0.4) is 0 Å². The molecule has 2 rings (SSSR count). The number of carboxylic acids is 1. The molecule has 17 heavy (non-hydrogen) atoms. The maximum Gasteiger partial charge on any atom is 0.309 e. The van der Waals surface area contributed by atoms with Gasteiger partial charge in [-0.15, -0.1) is 0 Å². The van der Waals surface area contributed by atoms with E-state index in [9.17, 15) is 4.79 Å². The fourth-order valence-corrected chi connectivity index (χ4v) is 1.78. The topological polar surface area (TPSA) is 50.4 Å². The normalized spacial score (nSPS) is 11.9. The summed E-state index contributed by atoms with van der Waals surface area (Å²) in [6.07, 6.45) is 3.05. The van der Waals surface area contributed by atoms with E-state index in [1.54, 1.807) is 20.1 Å². The van der Waals surface area contributed by atoms with Gasteiger partial charge in [0.05, 0.1) is 11.7 Å². The summed E-state index contributed by atoms with van der Waals surface area (Å²) in [4.78, 5) is 11.0. The van der Waals surface area contributed by atoms with Gasteiger partial charge in [0.2, 0.25) is 0 Å². The van der Waals surface area contributed by atoms with Crippen molar-refractivity contribution in [3.05, 3.63) is 36.1 Å². The predicted molar refractivity (Wildman–Crippen MR) is 66.0 cm³/mol. The van der Waals surface area contributed by atoms with Gasteiger partial charge in [0.1, 0.15) is 5.58 Å². The second-order valence-corrected chi connectivity index (χ2v) is 4.95. The zero-order chi connectivity index (χ0) is 12.5. The molecule has 0 aliphatic heterocycles. The summed E-state index contributed by atoms with van der Waals surface area (Å²) in [5.74, 6) is -0.759. The molecular formula is C14H16O3. The van der Waals surface area contributed by atoms with Gasteiger partial charge in [-0.3, -0.25) is 4.79 Å². The Labute approximate surface area is 100 Å². The summed E-state index contributed by atoms with van der Waals surface area (Å²) in [6, 6.07) is 7.81. The molecule has 0 saturated carbocycles. The predicted octanol–water partition coefficient (Wildman–Crippen LogP) is 3.48. The lowest BCUT2D eigenvalue weighted by molar-refractivity contribution is -0.147. The summed E-state index contributed by atoms with van der Waals surface area (Å²) in [6.45, 7) is 3.50. The van der Waals surface area contributed by atoms with Gasteiger partial charge in [-0.25, -0.2) is 0 Å². The largest absolute Gasteiger partial charge is 0.481 e. The minimum Gasteiger partial charge on any atom is -0.481 e. The molecule has 1 N–H and O–H groups in total. The lowest BCUT2D eigenvalue weighted by Gasteiger charge is -2.18. The molecule has 0 bridgehead atoms. The maximum atomic E-state index is 11.0. The Bertz CT molecular complexity index is 537. The third-order valence-corrected chi connectivity index (χ3v) is 3.16. The van der Waals surface area contributed by atoms with Crippen LogP contribution in [0, 0.1) is 5.41 Å². The molecule has 2 aromatic rings. The van der Waals surface area contributed by atoms with Crippen molar-refractivity contribution in [1.82, 2.24) is 0 Å². The highest BCUT2D eigenvalue weighted by Crippen LogP contribution is 2.27. The van der Waals surface area contributed by atoms with Crippen molar-refractivity contribution in [2.75, 3.05) is 0 Å². The van der Waals surface area contributed by atoms with Crippen molar-refractivity contribution in [1.29, 1.82) is 0 Å². The Kier molecular flexibility index (Phi) is 2.92.